The maximum Gasteiger partial charge on any atom is 0.164 e. The molecule has 0 unspecified atom stereocenters. The Hall–Kier alpha value is -1.68. The molecule has 0 fully saturated rings. The summed E-state index contributed by atoms with van der Waals surface area (Å²) in [5.74, 6) is 1.74. The maximum atomic E-state index is 5.63. The van der Waals surface area contributed by atoms with Gasteiger partial charge in [-0.2, -0.15) is 0 Å². The zero-order chi connectivity index (χ0) is 11.5. The van der Waals surface area contributed by atoms with Crippen LogP contribution in [0.2, 0.25) is 0 Å². The van der Waals surface area contributed by atoms with E-state index in [0.717, 1.165) is 23.8 Å². The molecule has 0 bridgehead atoms. The van der Waals surface area contributed by atoms with E-state index in [4.69, 9.17) is 5.73 Å². The predicted octanol–water partition coefficient (Wildman–Crippen LogP) is 1.73. The summed E-state index contributed by atoms with van der Waals surface area (Å²) in [6.07, 6.45) is 0. The first-order valence-electron chi connectivity index (χ1n) is 5.46. The maximum absolute atomic E-state index is 5.63. The second kappa shape index (κ2) is 4.45. The van der Waals surface area contributed by atoms with Crippen molar-refractivity contribution in [1.82, 2.24) is 14.8 Å². The quantitative estimate of drug-likeness (QED) is 0.850. The van der Waals surface area contributed by atoms with Gasteiger partial charge in [0.2, 0.25) is 0 Å². The summed E-state index contributed by atoms with van der Waals surface area (Å²) in [6.45, 7) is 5.41. The molecule has 0 radical (unpaired) electrons. The van der Waals surface area contributed by atoms with E-state index in [2.05, 4.69) is 40.7 Å². The first-order chi connectivity index (χ1) is 7.77. The smallest absolute Gasteiger partial charge is 0.164 e. The Labute approximate surface area is 95.1 Å². The molecule has 0 aliphatic heterocycles. The van der Waals surface area contributed by atoms with E-state index in [9.17, 15) is 0 Å². The zero-order valence-electron chi connectivity index (χ0n) is 9.64. The molecule has 16 heavy (non-hydrogen) atoms. The SMILES string of the molecule is CCn1c(CN)nnc1-c1ccccc1C. The minimum Gasteiger partial charge on any atom is -0.324 e. The standard InChI is InChI=1S/C12H16N4/c1-3-16-11(8-13)14-15-12(16)10-7-5-4-6-9(10)2/h4-7H,3,8,13H2,1-2H3. The summed E-state index contributed by atoms with van der Waals surface area (Å²) in [5, 5.41) is 8.33. The molecule has 0 aliphatic rings. The van der Waals surface area contributed by atoms with Crippen molar-refractivity contribution >= 4 is 0 Å². The van der Waals surface area contributed by atoms with Crippen molar-refractivity contribution in [2.45, 2.75) is 26.9 Å². The molecule has 1 aromatic carbocycles. The van der Waals surface area contributed by atoms with E-state index in [-0.39, 0.29) is 0 Å². The van der Waals surface area contributed by atoms with Crippen LogP contribution in [-0.2, 0) is 13.1 Å². The molecular formula is C12H16N4. The van der Waals surface area contributed by atoms with Crippen molar-refractivity contribution in [3.8, 4) is 11.4 Å². The van der Waals surface area contributed by atoms with Crippen molar-refractivity contribution in [3.63, 3.8) is 0 Å². The number of rotatable bonds is 3. The highest BCUT2D eigenvalue weighted by molar-refractivity contribution is 5.60. The van der Waals surface area contributed by atoms with Gasteiger partial charge in [0.1, 0.15) is 5.82 Å². The normalized spacial score (nSPS) is 10.7. The second-order valence-electron chi connectivity index (χ2n) is 3.70. The molecule has 2 N–H and O–H groups in total. The highest BCUT2D eigenvalue weighted by Crippen LogP contribution is 2.21. The molecule has 0 saturated carbocycles. The second-order valence-corrected chi connectivity index (χ2v) is 3.70. The van der Waals surface area contributed by atoms with Crippen LogP contribution in [-0.4, -0.2) is 14.8 Å². The summed E-state index contributed by atoms with van der Waals surface area (Å²) in [5.41, 5.74) is 7.96. The lowest BCUT2D eigenvalue weighted by Gasteiger charge is -2.08. The van der Waals surface area contributed by atoms with Gasteiger partial charge in [0.15, 0.2) is 5.82 Å². The molecule has 4 heteroatoms. The van der Waals surface area contributed by atoms with Gasteiger partial charge in [-0.25, -0.2) is 0 Å². The first-order valence-corrected chi connectivity index (χ1v) is 5.46. The highest BCUT2D eigenvalue weighted by Gasteiger charge is 2.12. The molecule has 4 nitrogen and oxygen atoms in total. The van der Waals surface area contributed by atoms with Gasteiger partial charge in [0, 0.05) is 12.1 Å². The van der Waals surface area contributed by atoms with Gasteiger partial charge in [-0.3, -0.25) is 0 Å². The van der Waals surface area contributed by atoms with Gasteiger partial charge in [-0.1, -0.05) is 24.3 Å². The zero-order valence-corrected chi connectivity index (χ0v) is 9.64. The van der Waals surface area contributed by atoms with E-state index in [0.29, 0.717) is 6.54 Å². The molecule has 0 saturated heterocycles. The van der Waals surface area contributed by atoms with Crippen LogP contribution in [0.1, 0.15) is 18.3 Å². The van der Waals surface area contributed by atoms with Gasteiger partial charge < -0.3 is 10.3 Å². The van der Waals surface area contributed by atoms with Gasteiger partial charge in [0.25, 0.3) is 0 Å². The molecule has 0 aliphatic carbocycles. The van der Waals surface area contributed by atoms with Gasteiger partial charge in [-0.05, 0) is 19.4 Å². The molecule has 1 heterocycles. The van der Waals surface area contributed by atoms with Crippen LogP contribution in [0.15, 0.2) is 24.3 Å². The minimum atomic E-state index is 0.423. The number of aromatic nitrogens is 3. The van der Waals surface area contributed by atoms with Crippen molar-refractivity contribution < 1.29 is 0 Å². The predicted molar refractivity (Wildman–Crippen MR) is 63.8 cm³/mol. The van der Waals surface area contributed by atoms with Gasteiger partial charge in [0.05, 0.1) is 6.54 Å². The third-order valence-electron chi connectivity index (χ3n) is 2.71. The third kappa shape index (κ3) is 1.72. The monoisotopic (exact) mass is 216 g/mol. The van der Waals surface area contributed by atoms with Crippen LogP contribution < -0.4 is 5.73 Å². The fraction of sp³-hybridized carbons (Fsp3) is 0.333. The third-order valence-corrected chi connectivity index (χ3v) is 2.71. The summed E-state index contributed by atoms with van der Waals surface area (Å²) in [7, 11) is 0. The number of nitrogens with two attached hydrogens (primary N) is 1. The van der Waals surface area contributed by atoms with E-state index < -0.39 is 0 Å². The Bertz CT molecular complexity index is 488. The van der Waals surface area contributed by atoms with E-state index in [1.54, 1.807) is 0 Å². The molecule has 1 aromatic heterocycles. The van der Waals surface area contributed by atoms with Crippen LogP contribution in [0.25, 0.3) is 11.4 Å². The lowest BCUT2D eigenvalue weighted by Crippen LogP contribution is -2.08. The Kier molecular flexibility index (Phi) is 3.01. The molecule has 0 amide bonds. The molecule has 84 valence electrons. The van der Waals surface area contributed by atoms with Crippen molar-refractivity contribution in [3.05, 3.63) is 35.7 Å². The van der Waals surface area contributed by atoms with Crippen molar-refractivity contribution in [2.75, 3.05) is 0 Å². The Morgan fingerprint density at radius 2 is 2.00 bits per heavy atom. The number of benzene rings is 1. The first kappa shape index (κ1) is 10.8. The van der Waals surface area contributed by atoms with E-state index >= 15 is 0 Å². The van der Waals surface area contributed by atoms with Crippen LogP contribution >= 0.6 is 0 Å². The van der Waals surface area contributed by atoms with Crippen LogP contribution in [0.3, 0.4) is 0 Å². The topological polar surface area (TPSA) is 56.7 Å². The largest absolute Gasteiger partial charge is 0.324 e. The van der Waals surface area contributed by atoms with Crippen molar-refractivity contribution in [2.24, 2.45) is 5.73 Å². The fourth-order valence-corrected chi connectivity index (χ4v) is 1.84. The summed E-state index contributed by atoms with van der Waals surface area (Å²) in [6, 6.07) is 8.17. The fourth-order valence-electron chi connectivity index (χ4n) is 1.84. The summed E-state index contributed by atoms with van der Waals surface area (Å²) < 4.78 is 2.06. The summed E-state index contributed by atoms with van der Waals surface area (Å²) >= 11 is 0. The average Bonchev–Trinajstić information content (AvgIpc) is 2.72. The van der Waals surface area contributed by atoms with Crippen LogP contribution in [0.5, 0.6) is 0 Å². The van der Waals surface area contributed by atoms with Crippen LogP contribution in [0, 0.1) is 6.92 Å². The Morgan fingerprint density at radius 3 is 2.62 bits per heavy atom. The number of hydrogen-bond donors (Lipinski definition) is 1. The minimum absolute atomic E-state index is 0.423. The number of nitrogens with zero attached hydrogens (tertiary/aromatic N) is 3. The van der Waals surface area contributed by atoms with Gasteiger partial charge in [-0.15, -0.1) is 10.2 Å². The summed E-state index contributed by atoms with van der Waals surface area (Å²) in [4.78, 5) is 0. The van der Waals surface area contributed by atoms with E-state index in [1.807, 2.05) is 12.1 Å². The van der Waals surface area contributed by atoms with Crippen LogP contribution in [0.4, 0.5) is 0 Å². The molecular weight excluding hydrogens is 200 g/mol. The average molecular weight is 216 g/mol. The van der Waals surface area contributed by atoms with Crippen molar-refractivity contribution in [1.29, 1.82) is 0 Å². The number of hydrogen-bond acceptors (Lipinski definition) is 3. The Balaban J connectivity index is 2.56. The molecule has 0 spiro atoms. The lowest BCUT2D eigenvalue weighted by molar-refractivity contribution is 0.704. The number of aryl methyl sites for hydroxylation is 1. The molecule has 2 rings (SSSR count). The molecule has 0 atom stereocenters. The molecule has 2 aromatic rings. The van der Waals surface area contributed by atoms with E-state index in [1.165, 1.54) is 5.56 Å². The highest BCUT2D eigenvalue weighted by atomic mass is 15.3. The lowest BCUT2D eigenvalue weighted by atomic mass is 10.1. The Morgan fingerprint density at radius 1 is 1.25 bits per heavy atom. The van der Waals surface area contributed by atoms with Gasteiger partial charge >= 0.3 is 0 Å².